The van der Waals surface area contributed by atoms with Gasteiger partial charge in [-0.25, -0.2) is 4.98 Å². The van der Waals surface area contributed by atoms with Crippen molar-refractivity contribution >= 4 is 39.4 Å². The minimum Gasteiger partial charge on any atom is -0.496 e. The Balaban J connectivity index is 1.60. The van der Waals surface area contributed by atoms with Crippen LogP contribution in [0.5, 0.6) is 5.75 Å². The molecule has 25 heavy (non-hydrogen) atoms. The number of hydrogen-bond acceptors (Lipinski definition) is 7. The van der Waals surface area contributed by atoms with E-state index in [1.54, 1.807) is 25.4 Å². The zero-order valence-corrected chi connectivity index (χ0v) is 15.5. The summed E-state index contributed by atoms with van der Waals surface area (Å²) in [5, 5.41) is 10.9. The predicted octanol–water partition coefficient (Wildman–Crippen LogP) is 3.63. The van der Waals surface area contributed by atoms with Crippen LogP contribution in [0.4, 0.5) is 5.82 Å². The smallest absolute Gasteiger partial charge is 0.277 e. The molecule has 0 aliphatic heterocycles. The number of aromatic nitrogens is 3. The number of benzene rings is 1. The Bertz CT molecular complexity index is 870. The second-order valence-electron chi connectivity index (χ2n) is 4.77. The Kier molecular flexibility index (Phi) is 5.67. The van der Waals surface area contributed by atoms with E-state index in [1.807, 2.05) is 24.3 Å². The number of anilines is 1. The number of carbonyl (C=O) groups is 1. The predicted molar refractivity (Wildman–Crippen MR) is 97.6 cm³/mol. The lowest BCUT2D eigenvalue weighted by molar-refractivity contribution is -0.113. The summed E-state index contributed by atoms with van der Waals surface area (Å²) in [4.78, 5) is 16.0. The normalized spacial score (nSPS) is 10.5. The summed E-state index contributed by atoms with van der Waals surface area (Å²) in [6.45, 7) is 0. The topological polar surface area (TPSA) is 90.1 Å². The van der Waals surface area contributed by atoms with Gasteiger partial charge in [0.15, 0.2) is 0 Å². The maximum atomic E-state index is 12.0. The number of nitrogens with zero attached hydrogens (tertiary/aromatic N) is 3. The summed E-state index contributed by atoms with van der Waals surface area (Å²) < 4.78 is 11.7. The molecule has 128 valence electrons. The first-order chi connectivity index (χ1) is 12.2. The van der Waals surface area contributed by atoms with Crippen LogP contribution in [-0.4, -0.2) is 34.0 Å². The van der Waals surface area contributed by atoms with Gasteiger partial charge in [-0.05, 0) is 40.2 Å². The van der Waals surface area contributed by atoms with Gasteiger partial charge >= 0.3 is 0 Å². The van der Waals surface area contributed by atoms with Crippen molar-refractivity contribution in [3.05, 3.63) is 47.1 Å². The van der Waals surface area contributed by atoms with Crippen molar-refractivity contribution in [2.24, 2.45) is 0 Å². The molecule has 0 spiro atoms. The molecule has 0 aliphatic rings. The molecule has 0 bridgehead atoms. The van der Waals surface area contributed by atoms with Gasteiger partial charge in [-0.15, -0.1) is 10.2 Å². The Morgan fingerprint density at radius 1 is 1.28 bits per heavy atom. The largest absolute Gasteiger partial charge is 0.496 e. The van der Waals surface area contributed by atoms with E-state index < -0.39 is 0 Å². The Morgan fingerprint density at radius 2 is 2.12 bits per heavy atom. The minimum absolute atomic E-state index is 0.130. The second kappa shape index (κ2) is 8.13. The lowest BCUT2D eigenvalue weighted by Gasteiger charge is -2.03. The van der Waals surface area contributed by atoms with Crippen LogP contribution in [0.1, 0.15) is 0 Å². The molecule has 7 nitrogen and oxygen atoms in total. The minimum atomic E-state index is -0.211. The van der Waals surface area contributed by atoms with E-state index in [0.29, 0.717) is 28.2 Å². The van der Waals surface area contributed by atoms with Crippen LogP contribution in [0.3, 0.4) is 0 Å². The molecule has 0 fully saturated rings. The monoisotopic (exact) mass is 420 g/mol. The van der Waals surface area contributed by atoms with E-state index in [0.717, 1.165) is 16.2 Å². The standard InChI is InChI=1S/C16H13BrN4O3S/c1-23-12-5-3-2-4-11(12)15-20-21-16(24-15)25-9-14(22)19-13-7-6-10(17)8-18-13/h2-8H,9H2,1H3,(H,18,19,22). The highest BCUT2D eigenvalue weighted by Crippen LogP contribution is 2.30. The number of rotatable bonds is 6. The van der Waals surface area contributed by atoms with Crippen LogP contribution >= 0.6 is 27.7 Å². The Morgan fingerprint density at radius 3 is 2.88 bits per heavy atom. The average Bonchev–Trinajstić information content (AvgIpc) is 3.11. The fourth-order valence-electron chi connectivity index (χ4n) is 1.95. The van der Waals surface area contributed by atoms with Crippen LogP contribution in [0.25, 0.3) is 11.5 Å². The highest BCUT2D eigenvalue weighted by molar-refractivity contribution is 9.10. The van der Waals surface area contributed by atoms with Gasteiger partial charge in [0, 0.05) is 10.7 Å². The van der Waals surface area contributed by atoms with Crippen LogP contribution < -0.4 is 10.1 Å². The molecule has 0 saturated carbocycles. The van der Waals surface area contributed by atoms with Gasteiger partial charge in [-0.1, -0.05) is 23.9 Å². The average molecular weight is 421 g/mol. The van der Waals surface area contributed by atoms with Crippen molar-refractivity contribution in [3.8, 4) is 17.2 Å². The molecular weight excluding hydrogens is 408 g/mol. The molecule has 0 unspecified atom stereocenters. The van der Waals surface area contributed by atoms with Gasteiger partial charge in [0.1, 0.15) is 11.6 Å². The first-order valence-electron chi connectivity index (χ1n) is 7.17. The fraction of sp³-hybridized carbons (Fsp3) is 0.125. The maximum Gasteiger partial charge on any atom is 0.277 e. The third-order valence-electron chi connectivity index (χ3n) is 3.07. The molecule has 0 atom stereocenters. The second-order valence-corrected chi connectivity index (χ2v) is 6.61. The summed E-state index contributed by atoms with van der Waals surface area (Å²) in [5.74, 6) is 1.38. The SMILES string of the molecule is COc1ccccc1-c1nnc(SCC(=O)Nc2ccc(Br)cn2)o1. The van der Waals surface area contributed by atoms with Gasteiger partial charge < -0.3 is 14.5 Å². The Hall–Kier alpha value is -2.39. The Labute approximate surface area is 156 Å². The molecule has 0 saturated heterocycles. The number of thioether (sulfide) groups is 1. The summed E-state index contributed by atoms with van der Waals surface area (Å²) in [6.07, 6.45) is 1.61. The van der Waals surface area contributed by atoms with Crippen molar-refractivity contribution in [2.45, 2.75) is 5.22 Å². The van der Waals surface area contributed by atoms with Crippen molar-refractivity contribution in [2.75, 3.05) is 18.2 Å². The van der Waals surface area contributed by atoms with Crippen LogP contribution in [0, 0.1) is 0 Å². The summed E-state index contributed by atoms with van der Waals surface area (Å²) in [5.41, 5.74) is 0.702. The number of para-hydroxylation sites is 1. The van der Waals surface area contributed by atoms with E-state index in [2.05, 4.69) is 36.4 Å². The van der Waals surface area contributed by atoms with Crippen molar-refractivity contribution < 1.29 is 13.9 Å². The van der Waals surface area contributed by atoms with Gasteiger partial charge in [-0.3, -0.25) is 4.79 Å². The van der Waals surface area contributed by atoms with E-state index in [1.165, 1.54) is 0 Å². The fourth-order valence-corrected chi connectivity index (χ4v) is 2.75. The van der Waals surface area contributed by atoms with Gasteiger partial charge in [-0.2, -0.15) is 0 Å². The number of methoxy groups -OCH3 is 1. The summed E-state index contributed by atoms with van der Waals surface area (Å²) >= 11 is 4.44. The number of halogens is 1. The van der Waals surface area contributed by atoms with Gasteiger partial charge in [0.2, 0.25) is 5.91 Å². The van der Waals surface area contributed by atoms with E-state index >= 15 is 0 Å². The number of hydrogen-bond donors (Lipinski definition) is 1. The molecule has 3 rings (SSSR count). The van der Waals surface area contributed by atoms with E-state index in [4.69, 9.17) is 9.15 Å². The van der Waals surface area contributed by atoms with E-state index in [-0.39, 0.29) is 11.7 Å². The molecular formula is C16H13BrN4O3S. The number of nitrogens with one attached hydrogen (secondary N) is 1. The van der Waals surface area contributed by atoms with Crippen molar-refractivity contribution in [3.63, 3.8) is 0 Å². The summed E-state index contributed by atoms with van der Waals surface area (Å²) in [7, 11) is 1.57. The maximum absolute atomic E-state index is 12.0. The third-order valence-corrected chi connectivity index (χ3v) is 4.35. The zero-order chi connectivity index (χ0) is 17.6. The third kappa shape index (κ3) is 4.58. The molecule has 9 heteroatoms. The molecule has 1 N–H and O–H groups in total. The number of pyridine rings is 1. The first-order valence-corrected chi connectivity index (χ1v) is 8.94. The molecule has 0 radical (unpaired) electrons. The van der Waals surface area contributed by atoms with Crippen LogP contribution in [0.2, 0.25) is 0 Å². The molecule has 0 aliphatic carbocycles. The lowest BCUT2D eigenvalue weighted by Crippen LogP contribution is -2.14. The van der Waals surface area contributed by atoms with Crippen molar-refractivity contribution in [1.29, 1.82) is 0 Å². The first kappa shape index (κ1) is 17.4. The highest BCUT2D eigenvalue weighted by Gasteiger charge is 2.14. The molecule has 2 aromatic heterocycles. The van der Waals surface area contributed by atoms with Crippen LogP contribution in [-0.2, 0) is 4.79 Å². The summed E-state index contributed by atoms with van der Waals surface area (Å²) in [6, 6.07) is 10.9. The number of amides is 1. The molecule has 1 amide bonds. The van der Waals surface area contributed by atoms with Crippen molar-refractivity contribution in [1.82, 2.24) is 15.2 Å². The quantitative estimate of drug-likeness (QED) is 0.608. The molecule has 1 aromatic carbocycles. The molecule has 2 heterocycles. The van der Waals surface area contributed by atoms with Crippen LogP contribution in [0.15, 0.2) is 56.7 Å². The highest BCUT2D eigenvalue weighted by atomic mass is 79.9. The molecule has 3 aromatic rings. The van der Waals surface area contributed by atoms with Gasteiger partial charge in [0.05, 0.1) is 18.4 Å². The number of carbonyl (C=O) groups excluding carboxylic acids is 1. The number of ether oxygens (including phenoxy) is 1. The van der Waals surface area contributed by atoms with Gasteiger partial charge in [0.25, 0.3) is 11.1 Å². The zero-order valence-electron chi connectivity index (χ0n) is 13.1. The lowest BCUT2D eigenvalue weighted by atomic mass is 10.2. The van der Waals surface area contributed by atoms with E-state index in [9.17, 15) is 4.79 Å².